The quantitative estimate of drug-likeness (QED) is 0.331. The van der Waals surface area contributed by atoms with Gasteiger partial charge in [-0.15, -0.1) is 0 Å². The highest BCUT2D eigenvalue weighted by Crippen LogP contribution is 2.60. The summed E-state index contributed by atoms with van der Waals surface area (Å²) in [5.41, 5.74) is 1.98. The van der Waals surface area contributed by atoms with Gasteiger partial charge in [0.15, 0.2) is 0 Å². The third-order valence-electron chi connectivity index (χ3n) is 4.89. The molecular formula is C16H22O3. The number of ether oxygens (including phenoxy) is 2. The average molecular weight is 262 g/mol. The van der Waals surface area contributed by atoms with E-state index in [2.05, 4.69) is 12.7 Å². The molecule has 3 rings (SSSR count). The van der Waals surface area contributed by atoms with Crippen molar-refractivity contribution in [3.63, 3.8) is 0 Å². The van der Waals surface area contributed by atoms with Crippen molar-refractivity contribution in [3.05, 3.63) is 23.8 Å². The van der Waals surface area contributed by atoms with E-state index in [4.69, 9.17) is 9.47 Å². The summed E-state index contributed by atoms with van der Waals surface area (Å²) in [7, 11) is 0. The SMILES string of the molecule is C=C(C)C(=O)OCCOC12CCC(C1)C1CCC=C12. The molecule has 0 aromatic heterocycles. The second-order valence-electron chi connectivity index (χ2n) is 6.11. The molecule has 3 nitrogen and oxygen atoms in total. The Bertz CT molecular complexity index is 437. The number of carbonyl (C=O) groups excluding carboxylic acids is 1. The smallest absolute Gasteiger partial charge is 0.333 e. The molecule has 0 amide bonds. The number of hydrogen-bond acceptors (Lipinski definition) is 3. The predicted octanol–water partition coefficient (Wildman–Crippen LogP) is 3.01. The molecule has 0 N–H and O–H groups in total. The van der Waals surface area contributed by atoms with Crippen LogP contribution < -0.4 is 0 Å². The first-order valence-corrected chi connectivity index (χ1v) is 7.29. The van der Waals surface area contributed by atoms with Crippen LogP contribution in [-0.4, -0.2) is 24.8 Å². The van der Waals surface area contributed by atoms with Crippen molar-refractivity contribution in [3.8, 4) is 0 Å². The van der Waals surface area contributed by atoms with Gasteiger partial charge in [0.2, 0.25) is 0 Å². The molecule has 2 bridgehead atoms. The molecule has 0 heterocycles. The van der Waals surface area contributed by atoms with Gasteiger partial charge in [0.1, 0.15) is 6.61 Å². The third kappa shape index (κ3) is 2.14. The van der Waals surface area contributed by atoms with E-state index in [1.807, 2.05) is 0 Å². The van der Waals surface area contributed by atoms with Gasteiger partial charge < -0.3 is 9.47 Å². The molecule has 0 aromatic carbocycles. The van der Waals surface area contributed by atoms with Gasteiger partial charge in [0, 0.05) is 5.57 Å². The molecule has 0 saturated heterocycles. The van der Waals surface area contributed by atoms with Crippen LogP contribution >= 0.6 is 0 Å². The highest BCUT2D eigenvalue weighted by Gasteiger charge is 2.55. The van der Waals surface area contributed by atoms with Crippen LogP contribution in [0.3, 0.4) is 0 Å². The molecule has 104 valence electrons. The monoisotopic (exact) mass is 262 g/mol. The van der Waals surface area contributed by atoms with Crippen molar-refractivity contribution >= 4 is 5.97 Å². The summed E-state index contributed by atoms with van der Waals surface area (Å²) in [5.74, 6) is 1.30. The Morgan fingerprint density at radius 3 is 3.11 bits per heavy atom. The lowest BCUT2D eigenvalue weighted by Gasteiger charge is -2.31. The van der Waals surface area contributed by atoms with Gasteiger partial charge in [0.05, 0.1) is 12.2 Å². The van der Waals surface area contributed by atoms with Crippen molar-refractivity contribution in [1.29, 1.82) is 0 Å². The number of esters is 1. The van der Waals surface area contributed by atoms with Crippen LogP contribution in [0, 0.1) is 11.8 Å². The van der Waals surface area contributed by atoms with E-state index in [0.29, 0.717) is 18.8 Å². The van der Waals surface area contributed by atoms with Crippen molar-refractivity contribution < 1.29 is 14.3 Å². The first-order chi connectivity index (χ1) is 9.12. The second-order valence-corrected chi connectivity index (χ2v) is 6.11. The van der Waals surface area contributed by atoms with Crippen LogP contribution in [0.1, 0.15) is 39.0 Å². The molecule has 3 heteroatoms. The van der Waals surface area contributed by atoms with E-state index in [9.17, 15) is 4.79 Å². The maximum Gasteiger partial charge on any atom is 0.333 e. The van der Waals surface area contributed by atoms with E-state index in [1.54, 1.807) is 12.5 Å². The zero-order chi connectivity index (χ0) is 13.5. The maximum absolute atomic E-state index is 11.3. The molecule has 0 radical (unpaired) electrons. The zero-order valence-electron chi connectivity index (χ0n) is 11.6. The van der Waals surface area contributed by atoms with E-state index >= 15 is 0 Å². The molecule has 3 aliphatic rings. The van der Waals surface area contributed by atoms with E-state index in [-0.39, 0.29) is 11.6 Å². The molecular weight excluding hydrogens is 240 g/mol. The molecule has 0 spiro atoms. The van der Waals surface area contributed by atoms with Crippen molar-refractivity contribution in [2.24, 2.45) is 11.8 Å². The number of rotatable bonds is 5. The number of hydrogen-bond donors (Lipinski definition) is 0. The zero-order valence-corrected chi connectivity index (χ0v) is 11.6. The van der Waals surface area contributed by atoms with Gasteiger partial charge in [-0.05, 0) is 56.4 Å². The normalized spacial score (nSPS) is 35.1. The average Bonchev–Trinajstić information content (AvgIpc) is 3.05. The van der Waals surface area contributed by atoms with Gasteiger partial charge in [-0.25, -0.2) is 4.79 Å². The van der Waals surface area contributed by atoms with Gasteiger partial charge in [-0.2, -0.15) is 0 Å². The lowest BCUT2D eigenvalue weighted by atomic mass is 9.84. The molecule has 3 atom stereocenters. The van der Waals surface area contributed by atoms with Crippen LogP contribution in [0.4, 0.5) is 0 Å². The lowest BCUT2D eigenvalue weighted by molar-refractivity contribution is -0.142. The number of carbonyl (C=O) groups is 1. The molecule has 0 aromatic rings. The largest absolute Gasteiger partial charge is 0.460 e. The molecule has 19 heavy (non-hydrogen) atoms. The maximum atomic E-state index is 11.3. The Labute approximate surface area is 114 Å². The highest BCUT2D eigenvalue weighted by molar-refractivity contribution is 5.86. The van der Waals surface area contributed by atoms with Crippen molar-refractivity contribution in [2.45, 2.75) is 44.6 Å². The Morgan fingerprint density at radius 2 is 2.32 bits per heavy atom. The summed E-state index contributed by atoms with van der Waals surface area (Å²) in [6.07, 6.45) is 8.55. The Balaban J connectivity index is 1.53. The van der Waals surface area contributed by atoms with Gasteiger partial charge in [-0.1, -0.05) is 12.7 Å². The lowest BCUT2D eigenvalue weighted by Crippen LogP contribution is -2.32. The predicted molar refractivity (Wildman–Crippen MR) is 72.6 cm³/mol. The van der Waals surface area contributed by atoms with Gasteiger partial charge in [0.25, 0.3) is 0 Å². The molecule has 2 saturated carbocycles. The van der Waals surface area contributed by atoms with Gasteiger partial charge >= 0.3 is 5.97 Å². The summed E-state index contributed by atoms with van der Waals surface area (Å²) in [6.45, 7) is 6.05. The first kappa shape index (κ1) is 12.9. The summed E-state index contributed by atoms with van der Waals surface area (Å²) in [4.78, 5) is 11.3. The molecule has 3 aliphatic carbocycles. The number of fused-ring (bicyclic) bond motifs is 5. The minimum Gasteiger partial charge on any atom is -0.460 e. The Morgan fingerprint density at radius 1 is 1.47 bits per heavy atom. The fourth-order valence-electron chi connectivity index (χ4n) is 4.10. The van der Waals surface area contributed by atoms with Crippen LogP contribution in [-0.2, 0) is 14.3 Å². The van der Waals surface area contributed by atoms with Crippen LogP contribution in [0.2, 0.25) is 0 Å². The van der Waals surface area contributed by atoms with Crippen molar-refractivity contribution in [2.75, 3.05) is 13.2 Å². The molecule has 2 fully saturated rings. The Hall–Kier alpha value is -1.09. The fraction of sp³-hybridized carbons (Fsp3) is 0.688. The first-order valence-electron chi connectivity index (χ1n) is 7.29. The summed E-state index contributed by atoms with van der Waals surface area (Å²) in [6, 6.07) is 0. The topological polar surface area (TPSA) is 35.5 Å². The molecule has 0 aliphatic heterocycles. The van der Waals surface area contributed by atoms with E-state index < -0.39 is 0 Å². The summed E-state index contributed by atoms with van der Waals surface area (Å²) < 4.78 is 11.2. The third-order valence-corrected chi connectivity index (χ3v) is 4.89. The summed E-state index contributed by atoms with van der Waals surface area (Å²) >= 11 is 0. The second kappa shape index (κ2) is 4.78. The van der Waals surface area contributed by atoms with Crippen molar-refractivity contribution in [1.82, 2.24) is 0 Å². The van der Waals surface area contributed by atoms with Crippen LogP contribution in [0.15, 0.2) is 23.8 Å². The van der Waals surface area contributed by atoms with E-state index in [0.717, 1.165) is 18.3 Å². The molecule has 3 unspecified atom stereocenters. The van der Waals surface area contributed by atoms with Gasteiger partial charge in [-0.3, -0.25) is 0 Å². The summed E-state index contributed by atoms with van der Waals surface area (Å²) in [5, 5.41) is 0. The number of allylic oxidation sites excluding steroid dienone is 1. The Kier molecular flexibility index (Phi) is 3.25. The minimum atomic E-state index is -0.324. The highest BCUT2D eigenvalue weighted by atomic mass is 16.6. The fourth-order valence-corrected chi connectivity index (χ4v) is 4.10. The standard InChI is InChI=1S/C16H22O3/c1-11(2)15(17)18-8-9-19-16-7-6-12(10-16)13-4-3-5-14(13)16/h5,12-13H,1,3-4,6-10H2,2H3. The minimum absolute atomic E-state index is 0.0124. The van der Waals surface area contributed by atoms with Crippen LogP contribution in [0.5, 0.6) is 0 Å². The van der Waals surface area contributed by atoms with E-state index in [1.165, 1.54) is 25.7 Å². The van der Waals surface area contributed by atoms with Crippen LogP contribution in [0.25, 0.3) is 0 Å².